The van der Waals surface area contributed by atoms with E-state index in [1.54, 1.807) is 0 Å². The Labute approximate surface area is 93.7 Å². The number of halogens is 3. The molecule has 0 aliphatic carbocycles. The van der Waals surface area contributed by atoms with Gasteiger partial charge >= 0.3 is 17.9 Å². The standard InChI is InChI=1S/C8H11BrF2O4/c1-4(2)6(15-5(12)3-9)8(10,11)7(13)14/h4,6H,3H2,1-2H3,(H,13,14). The van der Waals surface area contributed by atoms with E-state index in [9.17, 15) is 18.4 Å². The Bertz CT molecular complexity index is 255. The number of hydrogen-bond donors (Lipinski definition) is 1. The first-order valence-corrected chi connectivity index (χ1v) is 5.22. The van der Waals surface area contributed by atoms with E-state index in [1.807, 2.05) is 0 Å². The van der Waals surface area contributed by atoms with Gasteiger partial charge in [-0.15, -0.1) is 0 Å². The van der Waals surface area contributed by atoms with Crippen LogP contribution >= 0.6 is 15.9 Å². The van der Waals surface area contributed by atoms with Gasteiger partial charge in [0.2, 0.25) is 0 Å². The van der Waals surface area contributed by atoms with E-state index in [4.69, 9.17) is 5.11 Å². The van der Waals surface area contributed by atoms with Crippen molar-refractivity contribution in [3.8, 4) is 0 Å². The predicted molar refractivity (Wildman–Crippen MR) is 51.1 cm³/mol. The van der Waals surface area contributed by atoms with Crippen molar-refractivity contribution in [2.75, 3.05) is 5.33 Å². The smallest absolute Gasteiger partial charge is 0.378 e. The van der Waals surface area contributed by atoms with Crippen molar-refractivity contribution in [3.63, 3.8) is 0 Å². The zero-order chi connectivity index (χ0) is 12.2. The van der Waals surface area contributed by atoms with Gasteiger partial charge in [0, 0.05) is 0 Å². The van der Waals surface area contributed by atoms with Gasteiger partial charge < -0.3 is 9.84 Å². The summed E-state index contributed by atoms with van der Waals surface area (Å²) >= 11 is 2.73. The first kappa shape index (κ1) is 14.3. The van der Waals surface area contributed by atoms with Crippen molar-refractivity contribution in [1.82, 2.24) is 0 Å². The molecule has 0 aliphatic heterocycles. The number of ether oxygens (including phenoxy) is 1. The summed E-state index contributed by atoms with van der Waals surface area (Å²) in [6.45, 7) is 2.70. The fourth-order valence-electron chi connectivity index (χ4n) is 0.924. The molecule has 88 valence electrons. The maximum Gasteiger partial charge on any atom is 0.378 e. The minimum absolute atomic E-state index is 0.258. The van der Waals surface area contributed by atoms with E-state index in [-0.39, 0.29) is 5.33 Å². The highest BCUT2D eigenvalue weighted by Crippen LogP contribution is 2.27. The molecule has 0 heterocycles. The van der Waals surface area contributed by atoms with E-state index < -0.39 is 29.9 Å². The third-order valence-electron chi connectivity index (χ3n) is 1.62. The number of aliphatic carboxylic acids is 1. The first-order valence-electron chi connectivity index (χ1n) is 4.10. The van der Waals surface area contributed by atoms with Crippen molar-refractivity contribution in [2.45, 2.75) is 25.9 Å². The van der Waals surface area contributed by atoms with Crippen LogP contribution in [0.2, 0.25) is 0 Å². The number of alkyl halides is 3. The second-order valence-electron chi connectivity index (χ2n) is 3.22. The maximum absolute atomic E-state index is 13.1. The van der Waals surface area contributed by atoms with Gasteiger partial charge in [-0.1, -0.05) is 29.8 Å². The summed E-state index contributed by atoms with van der Waals surface area (Å²) in [5.41, 5.74) is 0. The molecule has 0 fully saturated rings. The molecule has 0 radical (unpaired) electrons. The molecule has 1 atom stereocenters. The van der Waals surface area contributed by atoms with E-state index >= 15 is 0 Å². The average Bonchev–Trinajstić information content (AvgIpc) is 2.12. The van der Waals surface area contributed by atoms with Crippen LogP contribution in [0.3, 0.4) is 0 Å². The summed E-state index contributed by atoms with van der Waals surface area (Å²) in [5, 5.41) is 8.04. The molecule has 0 aromatic rings. The third kappa shape index (κ3) is 3.73. The molecule has 0 saturated heterocycles. The van der Waals surface area contributed by atoms with Crippen molar-refractivity contribution >= 4 is 27.9 Å². The Hall–Kier alpha value is -0.720. The molecular weight excluding hydrogens is 278 g/mol. The highest BCUT2D eigenvalue weighted by atomic mass is 79.9. The third-order valence-corrected chi connectivity index (χ3v) is 2.07. The molecule has 0 bridgehead atoms. The maximum atomic E-state index is 13.1. The number of carbonyl (C=O) groups excluding carboxylic acids is 1. The van der Waals surface area contributed by atoms with E-state index in [2.05, 4.69) is 20.7 Å². The topological polar surface area (TPSA) is 63.6 Å². The Balaban J connectivity index is 4.81. The molecule has 0 aromatic carbocycles. The van der Waals surface area contributed by atoms with E-state index in [0.717, 1.165) is 0 Å². The Morgan fingerprint density at radius 3 is 2.20 bits per heavy atom. The molecule has 15 heavy (non-hydrogen) atoms. The largest absolute Gasteiger partial charge is 0.477 e. The van der Waals surface area contributed by atoms with Crippen molar-refractivity contribution in [2.24, 2.45) is 5.92 Å². The Morgan fingerprint density at radius 2 is 1.93 bits per heavy atom. The van der Waals surface area contributed by atoms with Crippen LogP contribution in [0.1, 0.15) is 13.8 Å². The SMILES string of the molecule is CC(C)C(OC(=O)CBr)C(F)(F)C(=O)O. The summed E-state index contributed by atoms with van der Waals surface area (Å²) in [6, 6.07) is 0. The molecule has 0 rings (SSSR count). The van der Waals surface area contributed by atoms with Crippen LogP contribution in [0.5, 0.6) is 0 Å². The number of esters is 1. The zero-order valence-corrected chi connectivity index (χ0v) is 9.75. The van der Waals surface area contributed by atoms with Crippen LogP contribution < -0.4 is 0 Å². The van der Waals surface area contributed by atoms with Gasteiger partial charge in [-0.2, -0.15) is 8.78 Å². The van der Waals surface area contributed by atoms with Crippen molar-refractivity contribution in [3.05, 3.63) is 0 Å². The zero-order valence-electron chi connectivity index (χ0n) is 8.17. The van der Waals surface area contributed by atoms with Crippen LogP contribution in [0.4, 0.5) is 8.78 Å². The summed E-state index contributed by atoms with van der Waals surface area (Å²) in [5.74, 6) is -8.09. The highest BCUT2D eigenvalue weighted by molar-refractivity contribution is 9.09. The van der Waals surface area contributed by atoms with Crippen molar-refractivity contribution in [1.29, 1.82) is 0 Å². The lowest BCUT2D eigenvalue weighted by molar-refractivity contribution is -0.197. The fraction of sp³-hybridized carbons (Fsp3) is 0.750. The van der Waals surface area contributed by atoms with Gasteiger partial charge in [-0.25, -0.2) is 4.79 Å². The van der Waals surface area contributed by atoms with E-state index in [0.29, 0.717) is 0 Å². The second kappa shape index (κ2) is 5.39. The van der Waals surface area contributed by atoms with E-state index in [1.165, 1.54) is 13.8 Å². The molecule has 4 nitrogen and oxygen atoms in total. The van der Waals surface area contributed by atoms with Crippen LogP contribution in [0.25, 0.3) is 0 Å². The monoisotopic (exact) mass is 288 g/mol. The van der Waals surface area contributed by atoms with Gasteiger partial charge in [0.15, 0.2) is 6.10 Å². The Kier molecular flexibility index (Phi) is 5.13. The lowest BCUT2D eigenvalue weighted by atomic mass is 10.0. The predicted octanol–water partition coefficient (Wildman–Crippen LogP) is 1.67. The van der Waals surface area contributed by atoms with Crippen LogP contribution in [-0.4, -0.2) is 34.4 Å². The first-order chi connectivity index (χ1) is 6.73. The summed E-state index contributed by atoms with van der Waals surface area (Å²) in [6.07, 6.45) is -1.96. The average molecular weight is 289 g/mol. The molecule has 1 unspecified atom stereocenters. The molecule has 7 heteroatoms. The molecule has 1 N–H and O–H groups in total. The number of carboxylic acid groups (broad SMARTS) is 1. The van der Waals surface area contributed by atoms with Crippen molar-refractivity contribution < 1.29 is 28.2 Å². The van der Waals surface area contributed by atoms with Gasteiger partial charge in [-0.05, 0) is 5.92 Å². The number of rotatable bonds is 5. The highest BCUT2D eigenvalue weighted by Gasteiger charge is 2.51. The number of carbonyl (C=O) groups is 2. The summed E-state index contributed by atoms with van der Waals surface area (Å²) in [4.78, 5) is 21.1. The molecule has 0 aliphatic rings. The number of carboxylic acids is 1. The minimum atomic E-state index is -4.08. The van der Waals surface area contributed by atoms with Crippen LogP contribution in [-0.2, 0) is 14.3 Å². The minimum Gasteiger partial charge on any atom is -0.477 e. The quantitative estimate of drug-likeness (QED) is 0.617. The Morgan fingerprint density at radius 1 is 1.47 bits per heavy atom. The normalized spacial score (nSPS) is 13.7. The lowest BCUT2D eigenvalue weighted by Crippen LogP contribution is -2.47. The molecule has 0 amide bonds. The summed E-state index contributed by atoms with van der Waals surface area (Å²) < 4.78 is 30.5. The van der Waals surface area contributed by atoms with Crippen LogP contribution in [0, 0.1) is 5.92 Å². The molecule has 0 aromatic heterocycles. The number of hydrogen-bond acceptors (Lipinski definition) is 3. The van der Waals surface area contributed by atoms with Crippen LogP contribution in [0.15, 0.2) is 0 Å². The van der Waals surface area contributed by atoms with Gasteiger partial charge in [0.05, 0.1) is 0 Å². The van der Waals surface area contributed by atoms with Gasteiger partial charge in [-0.3, -0.25) is 4.79 Å². The molecular formula is C8H11BrF2O4. The summed E-state index contributed by atoms with van der Waals surface area (Å²) in [7, 11) is 0. The molecule has 0 spiro atoms. The fourth-order valence-corrected chi connectivity index (χ4v) is 1.06. The van der Waals surface area contributed by atoms with Gasteiger partial charge in [0.1, 0.15) is 5.33 Å². The second-order valence-corrected chi connectivity index (χ2v) is 3.78. The molecule has 0 saturated carbocycles. The van der Waals surface area contributed by atoms with Gasteiger partial charge in [0.25, 0.3) is 0 Å². The lowest BCUT2D eigenvalue weighted by Gasteiger charge is -2.26.